The molecule has 0 N–H and O–H groups in total. The Hall–Kier alpha value is -0.220. The third-order valence-corrected chi connectivity index (χ3v) is 0.940. The molecule has 0 fully saturated rings. The van der Waals surface area contributed by atoms with E-state index in [0.717, 1.165) is 6.42 Å². The molecule has 0 aromatic rings. The minimum atomic E-state index is 1.13. The van der Waals surface area contributed by atoms with Gasteiger partial charge in [-0.1, -0.05) is 25.3 Å². The second kappa shape index (κ2) is 6.78. The zero-order valence-electron chi connectivity index (χ0n) is 4.95. The minimum absolute atomic E-state index is 1.13. The van der Waals surface area contributed by atoms with Gasteiger partial charge in [-0.25, -0.2) is 0 Å². The highest BCUT2D eigenvalue weighted by Crippen LogP contribution is 1.86. The van der Waals surface area contributed by atoms with Gasteiger partial charge in [0.2, 0.25) is 0 Å². The summed E-state index contributed by atoms with van der Waals surface area (Å²) >= 11 is 2.99. The van der Waals surface area contributed by atoms with Gasteiger partial charge in [-0.15, -0.1) is 0 Å². The summed E-state index contributed by atoms with van der Waals surface area (Å²) in [6.45, 7) is 2.14. The van der Waals surface area contributed by atoms with Gasteiger partial charge < -0.3 is 0 Å². The van der Waals surface area contributed by atoms with Gasteiger partial charge in [0.25, 0.3) is 0 Å². The van der Waals surface area contributed by atoms with Crippen molar-refractivity contribution in [1.29, 1.82) is 0 Å². The molecule has 44 valence electrons. The van der Waals surface area contributed by atoms with Crippen LogP contribution in [0.3, 0.4) is 0 Å². The fraction of sp³-hybridized carbons (Fsp3) is 0.429. The molecule has 1 heteroatoms. The quantitative estimate of drug-likeness (QED) is 0.563. The lowest BCUT2D eigenvalue weighted by molar-refractivity contribution is 0.959. The SMILES string of the molecule is CCC/C=C/C#CBr. The minimum Gasteiger partial charge on any atom is -0.0761 e. The van der Waals surface area contributed by atoms with Crippen LogP contribution >= 0.6 is 15.9 Å². The summed E-state index contributed by atoms with van der Waals surface area (Å²) in [6, 6.07) is 0. The van der Waals surface area contributed by atoms with E-state index >= 15 is 0 Å². The van der Waals surface area contributed by atoms with Crippen molar-refractivity contribution in [2.24, 2.45) is 0 Å². The van der Waals surface area contributed by atoms with E-state index < -0.39 is 0 Å². The molecule has 0 atom stereocenters. The third kappa shape index (κ3) is 5.78. The van der Waals surface area contributed by atoms with E-state index in [0.29, 0.717) is 0 Å². The first-order valence-corrected chi connectivity index (χ1v) is 3.47. The van der Waals surface area contributed by atoms with Crippen LogP contribution < -0.4 is 0 Å². The van der Waals surface area contributed by atoms with Crippen LogP contribution in [0.25, 0.3) is 0 Å². The van der Waals surface area contributed by atoms with Gasteiger partial charge in [-0.2, -0.15) is 0 Å². The van der Waals surface area contributed by atoms with Gasteiger partial charge in [0.15, 0.2) is 0 Å². The number of hydrogen-bond acceptors (Lipinski definition) is 0. The molecule has 0 amide bonds. The Morgan fingerprint density at radius 2 is 2.38 bits per heavy atom. The summed E-state index contributed by atoms with van der Waals surface area (Å²) in [5.74, 6) is 2.77. The van der Waals surface area contributed by atoms with E-state index in [2.05, 4.69) is 39.7 Å². The standard InChI is InChI=1S/C7H9Br/c1-2-3-4-5-6-7-8/h4-5H,2-3H2,1H3/b5-4+. The first-order valence-electron chi connectivity index (χ1n) is 2.68. The topological polar surface area (TPSA) is 0 Å². The predicted octanol–water partition coefficient (Wildman–Crippen LogP) is 2.70. The molecular weight excluding hydrogens is 164 g/mol. The Bertz CT molecular complexity index is 114. The molecule has 0 saturated carbocycles. The van der Waals surface area contributed by atoms with E-state index in [1.165, 1.54) is 6.42 Å². The number of hydrogen-bond donors (Lipinski definition) is 0. The van der Waals surface area contributed by atoms with Crippen molar-refractivity contribution in [3.8, 4) is 10.8 Å². The van der Waals surface area contributed by atoms with Crippen molar-refractivity contribution in [3.05, 3.63) is 12.2 Å². The second-order valence-corrected chi connectivity index (χ2v) is 1.83. The molecule has 0 radical (unpaired) electrons. The summed E-state index contributed by atoms with van der Waals surface area (Å²) in [6.07, 6.45) is 6.24. The van der Waals surface area contributed by atoms with E-state index in [-0.39, 0.29) is 0 Å². The van der Waals surface area contributed by atoms with Gasteiger partial charge in [0, 0.05) is 15.9 Å². The monoisotopic (exact) mass is 172 g/mol. The maximum atomic E-state index is 2.99. The van der Waals surface area contributed by atoms with Crippen LogP contribution in [0, 0.1) is 10.8 Å². The van der Waals surface area contributed by atoms with Crippen LogP contribution in [0.2, 0.25) is 0 Å². The smallest absolute Gasteiger partial charge is 0.0110 e. The average Bonchev–Trinajstić information content (AvgIpc) is 1.81. The average molecular weight is 173 g/mol. The maximum Gasteiger partial charge on any atom is 0.0110 e. The Morgan fingerprint density at radius 3 is 2.88 bits per heavy atom. The van der Waals surface area contributed by atoms with E-state index in [4.69, 9.17) is 0 Å². The highest BCUT2D eigenvalue weighted by molar-refractivity contribution is 9.12. The summed E-state index contributed by atoms with van der Waals surface area (Å²) < 4.78 is 0. The van der Waals surface area contributed by atoms with Crippen molar-refractivity contribution in [2.45, 2.75) is 19.8 Å². The predicted molar refractivity (Wildman–Crippen MR) is 40.8 cm³/mol. The molecule has 0 aliphatic rings. The maximum absolute atomic E-state index is 2.99. The normalized spacial score (nSPS) is 8.75. The first kappa shape index (κ1) is 7.78. The third-order valence-electron chi connectivity index (χ3n) is 0.711. The molecule has 8 heavy (non-hydrogen) atoms. The molecule has 0 unspecified atom stereocenters. The molecule has 0 bridgehead atoms. The van der Waals surface area contributed by atoms with Crippen molar-refractivity contribution in [3.63, 3.8) is 0 Å². The highest BCUT2D eigenvalue weighted by atomic mass is 79.9. The summed E-state index contributed by atoms with van der Waals surface area (Å²) in [5.41, 5.74) is 0. The number of rotatable bonds is 2. The van der Waals surface area contributed by atoms with E-state index in [1.54, 1.807) is 0 Å². The van der Waals surface area contributed by atoms with Gasteiger partial charge in [0.1, 0.15) is 0 Å². The number of allylic oxidation sites excluding steroid dienone is 2. The van der Waals surface area contributed by atoms with Gasteiger partial charge in [0.05, 0.1) is 0 Å². The lowest BCUT2D eigenvalue weighted by Gasteiger charge is -1.76. The molecular formula is C7H9Br. The number of halogens is 1. The Balaban J connectivity index is 3.16. The van der Waals surface area contributed by atoms with Crippen molar-refractivity contribution in [2.75, 3.05) is 0 Å². The van der Waals surface area contributed by atoms with E-state index in [1.807, 2.05) is 6.08 Å². The summed E-state index contributed by atoms with van der Waals surface area (Å²) in [4.78, 5) is 2.60. The number of unbranched alkanes of at least 4 members (excludes halogenated alkanes) is 1. The van der Waals surface area contributed by atoms with Gasteiger partial charge in [-0.3, -0.25) is 0 Å². The molecule has 0 aromatic carbocycles. The summed E-state index contributed by atoms with van der Waals surface area (Å²) in [5, 5.41) is 0. The lowest BCUT2D eigenvalue weighted by Crippen LogP contribution is -1.57. The van der Waals surface area contributed by atoms with Crippen molar-refractivity contribution in [1.82, 2.24) is 0 Å². The Labute approximate surface area is 59.1 Å². The molecule has 0 nitrogen and oxygen atoms in total. The molecule has 0 rings (SSSR count). The van der Waals surface area contributed by atoms with Gasteiger partial charge in [-0.05, 0) is 17.3 Å². The molecule has 0 spiro atoms. The second-order valence-electron chi connectivity index (χ2n) is 1.43. The van der Waals surface area contributed by atoms with Crippen LogP contribution in [-0.4, -0.2) is 0 Å². The van der Waals surface area contributed by atoms with Crippen LogP contribution in [0.4, 0.5) is 0 Å². The fourth-order valence-electron chi connectivity index (χ4n) is 0.340. The summed E-state index contributed by atoms with van der Waals surface area (Å²) in [7, 11) is 0. The Morgan fingerprint density at radius 1 is 1.62 bits per heavy atom. The lowest BCUT2D eigenvalue weighted by atomic mass is 10.3. The molecule has 0 heterocycles. The van der Waals surface area contributed by atoms with Crippen molar-refractivity contribution < 1.29 is 0 Å². The van der Waals surface area contributed by atoms with Crippen LogP contribution in [0.5, 0.6) is 0 Å². The Kier molecular flexibility index (Phi) is 6.59. The van der Waals surface area contributed by atoms with Gasteiger partial charge >= 0.3 is 0 Å². The van der Waals surface area contributed by atoms with E-state index in [9.17, 15) is 0 Å². The zero-order valence-corrected chi connectivity index (χ0v) is 6.53. The largest absolute Gasteiger partial charge is 0.0761 e. The molecule has 0 aliphatic carbocycles. The molecule has 0 aromatic heterocycles. The van der Waals surface area contributed by atoms with Crippen LogP contribution in [-0.2, 0) is 0 Å². The molecule has 0 saturated heterocycles. The fourth-order valence-corrected chi connectivity index (χ4v) is 0.473. The van der Waals surface area contributed by atoms with Crippen molar-refractivity contribution >= 4 is 15.9 Å². The zero-order chi connectivity index (χ0) is 6.24. The highest BCUT2D eigenvalue weighted by Gasteiger charge is 1.67. The molecule has 0 aliphatic heterocycles. The van der Waals surface area contributed by atoms with Crippen LogP contribution in [0.1, 0.15) is 19.8 Å². The van der Waals surface area contributed by atoms with Crippen LogP contribution in [0.15, 0.2) is 12.2 Å². The first-order chi connectivity index (χ1) is 3.91.